The van der Waals surface area contributed by atoms with Crippen molar-refractivity contribution in [3.63, 3.8) is 0 Å². The summed E-state index contributed by atoms with van der Waals surface area (Å²) in [6.07, 6.45) is 1.03. The minimum Gasteiger partial charge on any atom is -0.332 e. The summed E-state index contributed by atoms with van der Waals surface area (Å²) in [4.78, 5) is 35.3. The predicted octanol–water partition coefficient (Wildman–Crippen LogP) is 6.13. The molecule has 0 radical (unpaired) electrons. The van der Waals surface area contributed by atoms with Crippen LogP contribution in [0.2, 0.25) is 0 Å². The molecule has 0 N–H and O–H groups in total. The molecule has 3 aromatic carbocycles. The molecule has 2 heterocycles. The van der Waals surface area contributed by atoms with Gasteiger partial charge in [-0.1, -0.05) is 66.2 Å². The molecule has 0 aliphatic heterocycles. The number of aryl methyl sites for hydroxylation is 1. The maximum atomic E-state index is 13.8. The molecular formula is C31H29N3O2S. The first-order valence-electron chi connectivity index (χ1n) is 12.5. The highest BCUT2D eigenvalue weighted by Gasteiger charge is 2.27. The minimum atomic E-state index is -0.421. The monoisotopic (exact) mass is 507 g/mol. The van der Waals surface area contributed by atoms with Crippen LogP contribution >= 0.6 is 11.3 Å². The Balaban J connectivity index is 1.60. The van der Waals surface area contributed by atoms with E-state index in [1.54, 1.807) is 22.0 Å². The van der Waals surface area contributed by atoms with Gasteiger partial charge in [0.1, 0.15) is 5.82 Å². The van der Waals surface area contributed by atoms with E-state index in [0.29, 0.717) is 36.1 Å². The van der Waals surface area contributed by atoms with Crippen molar-refractivity contribution in [2.45, 2.75) is 32.7 Å². The van der Waals surface area contributed by atoms with Gasteiger partial charge in [-0.05, 0) is 61.5 Å². The first-order chi connectivity index (χ1) is 18.0. The number of rotatable bonds is 8. The van der Waals surface area contributed by atoms with Gasteiger partial charge in [-0.25, -0.2) is 4.98 Å². The first-order valence-corrected chi connectivity index (χ1v) is 13.3. The molecule has 0 saturated heterocycles. The summed E-state index contributed by atoms with van der Waals surface area (Å²) in [5, 5.41) is 2.54. The maximum Gasteiger partial charge on any atom is 0.266 e. The fourth-order valence-electron chi connectivity index (χ4n) is 4.61. The first kappa shape index (κ1) is 24.7. The third-order valence-electron chi connectivity index (χ3n) is 6.65. The predicted molar refractivity (Wildman–Crippen MR) is 150 cm³/mol. The Kier molecular flexibility index (Phi) is 7.28. The lowest BCUT2D eigenvalue weighted by molar-refractivity contribution is -0.132. The molecule has 0 fully saturated rings. The Morgan fingerprint density at radius 1 is 0.946 bits per heavy atom. The van der Waals surface area contributed by atoms with Gasteiger partial charge in [-0.2, -0.15) is 0 Å². The smallest absolute Gasteiger partial charge is 0.266 e. The zero-order valence-corrected chi connectivity index (χ0v) is 21.8. The van der Waals surface area contributed by atoms with Crippen LogP contribution in [0, 0.1) is 6.92 Å². The van der Waals surface area contributed by atoms with Gasteiger partial charge in [0.05, 0.1) is 29.1 Å². The second-order valence-electron chi connectivity index (χ2n) is 9.22. The van der Waals surface area contributed by atoms with E-state index < -0.39 is 6.04 Å². The Bertz CT molecular complexity index is 1560. The van der Waals surface area contributed by atoms with E-state index in [1.165, 1.54) is 0 Å². The molecule has 1 atom stereocenters. The molecule has 186 valence electrons. The van der Waals surface area contributed by atoms with E-state index in [-0.39, 0.29) is 11.5 Å². The second-order valence-corrected chi connectivity index (χ2v) is 10.3. The number of fused-ring (bicyclic) bond motifs is 1. The summed E-state index contributed by atoms with van der Waals surface area (Å²) in [6, 6.07) is 28.9. The number of hydrogen-bond acceptors (Lipinski definition) is 4. The molecule has 0 spiro atoms. The average molecular weight is 508 g/mol. The summed E-state index contributed by atoms with van der Waals surface area (Å²) in [5.41, 5.74) is 3.50. The highest BCUT2D eigenvalue weighted by atomic mass is 32.1. The number of amides is 1. The molecule has 6 heteroatoms. The normalized spacial score (nSPS) is 11.9. The molecule has 1 amide bonds. The fourth-order valence-corrected chi connectivity index (χ4v) is 5.30. The highest BCUT2D eigenvalue weighted by molar-refractivity contribution is 7.10. The molecule has 2 aromatic heterocycles. The third-order valence-corrected chi connectivity index (χ3v) is 7.52. The van der Waals surface area contributed by atoms with Crippen LogP contribution in [0.3, 0.4) is 0 Å². The highest BCUT2D eigenvalue weighted by Crippen LogP contribution is 2.25. The molecule has 5 aromatic rings. The van der Waals surface area contributed by atoms with Gasteiger partial charge < -0.3 is 4.90 Å². The van der Waals surface area contributed by atoms with Crippen molar-refractivity contribution in [3.05, 3.63) is 129 Å². The lowest BCUT2D eigenvalue weighted by Gasteiger charge is -2.31. The summed E-state index contributed by atoms with van der Waals surface area (Å²) in [5.74, 6) is 0.573. The molecule has 5 nitrogen and oxygen atoms in total. The number of carbonyl (C=O) groups excluding carboxylic acids is 1. The van der Waals surface area contributed by atoms with E-state index >= 15 is 0 Å². The number of carbonyl (C=O) groups is 1. The van der Waals surface area contributed by atoms with Gasteiger partial charge >= 0.3 is 0 Å². The molecular weight excluding hydrogens is 478 g/mol. The van der Waals surface area contributed by atoms with Crippen molar-refractivity contribution < 1.29 is 4.79 Å². The summed E-state index contributed by atoms with van der Waals surface area (Å²) in [7, 11) is 0. The molecule has 0 saturated carbocycles. The van der Waals surface area contributed by atoms with Crippen molar-refractivity contribution in [2.75, 3.05) is 6.54 Å². The van der Waals surface area contributed by atoms with Crippen molar-refractivity contribution in [1.29, 1.82) is 0 Å². The lowest BCUT2D eigenvalue weighted by atomic mass is 10.1. The number of benzene rings is 3. The van der Waals surface area contributed by atoms with Crippen LogP contribution in [-0.2, 0) is 17.6 Å². The molecule has 1 unspecified atom stereocenters. The van der Waals surface area contributed by atoms with E-state index in [4.69, 9.17) is 4.98 Å². The minimum absolute atomic E-state index is 0.0174. The van der Waals surface area contributed by atoms with Crippen LogP contribution < -0.4 is 5.56 Å². The van der Waals surface area contributed by atoms with E-state index in [1.807, 2.05) is 96.9 Å². The molecule has 0 bridgehead atoms. The zero-order valence-electron chi connectivity index (χ0n) is 21.0. The summed E-state index contributed by atoms with van der Waals surface area (Å²) in [6.45, 7) is 4.51. The van der Waals surface area contributed by atoms with Crippen molar-refractivity contribution in [2.24, 2.45) is 0 Å². The average Bonchev–Trinajstić information content (AvgIpc) is 3.43. The van der Waals surface area contributed by atoms with Gasteiger partial charge in [0.25, 0.3) is 5.56 Å². The number of nitrogens with zero attached hydrogens (tertiary/aromatic N) is 3. The van der Waals surface area contributed by atoms with Crippen LogP contribution in [0.15, 0.2) is 101 Å². The van der Waals surface area contributed by atoms with E-state index in [0.717, 1.165) is 21.7 Å². The fraction of sp³-hybridized carbons (Fsp3) is 0.194. The van der Waals surface area contributed by atoms with E-state index in [9.17, 15) is 9.59 Å². The maximum absolute atomic E-state index is 13.8. The number of thiophene rings is 1. The SMILES string of the molecule is Cc1ccc(-n2c(C(C)N(CCc3ccccc3)C(=O)Cc3cccs3)nc3ccccc3c2=O)cc1. The second kappa shape index (κ2) is 10.9. The number of para-hydroxylation sites is 1. The zero-order chi connectivity index (χ0) is 25.8. The van der Waals surface area contributed by atoms with Gasteiger partial charge in [0.15, 0.2) is 0 Å². The van der Waals surface area contributed by atoms with Crippen LogP contribution in [0.4, 0.5) is 0 Å². The van der Waals surface area contributed by atoms with Gasteiger partial charge in [0, 0.05) is 11.4 Å². The Morgan fingerprint density at radius 2 is 1.68 bits per heavy atom. The Hall–Kier alpha value is -4.03. The summed E-state index contributed by atoms with van der Waals surface area (Å²) < 4.78 is 1.67. The van der Waals surface area contributed by atoms with Crippen molar-refractivity contribution in [1.82, 2.24) is 14.5 Å². The molecule has 37 heavy (non-hydrogen) atoms. The largest absolute Gasteiger partial charge is 0.332 e. The lowest BCUT2D eigenvalue weighted by Crippen LogP contribution is -2.39. The Labute approximate surface area is 220 Å². The van der Waals surface area contributed by atoms with Crippen molar-refractivity contribution >= 4 is 28.1 Å². The van der Waals surface area contributed by atoms with Crippen LogP contribution in [0.5, 0.6) is 0 Å². The number of hydrogen-bond donors (Lipinski definition) is 0. The van der Waals surface area contributed by atoms with Crippen LogP contribution in [0.25, 0.3) is 16.6 Å². The Morgan fingerprint density at radius 3 is 2.41 bits per heavy atom. The molecule has 0 aliphatic rings. The van der Waals surface area contributed by atoms with E-state index in [2.05, 4.69) is 12.1 Å². The van der Waals surface area contributed by atoms with Crippen molar-refractivity contribution in [3.8, 4) is 5.69 Å². The standard InChI is InChI=1S/C31H29N3O2S/c1-22-14-16-25(17-15-22)34-30(32-28-13-7-6-12-27(28)31(34)36)23(2)33(19-18-24-9-4-3-5-10-24)29(35)21-26-11-8-20-37-26/h3-17,20,23H,18-19,21H2,1-2H3. The molecule has 5 rings (SSSR count). The number of aromatic nitrogens is 2. The quantitative estimate of drug-likeness (QED) is 0.254. The topological polar surface area (TPSA) is 55.2 Å². The summed E-state index contributed by atoms with van der Waals surface area (Å²) >= 11 is 1.58. The van der Waals surface area contributed by atoms with Gasteiger partial charge in [0.2, 0.25) is 5.91 Å². The third kappa shape index (κ3) is 5.39. The van der Waals surface area contributed by atoms with Crippen LogP contribution in [0.1, 0.15) is 34.8 Å². The van der Waals surface area contributed by atoms with Gasteiger partial charge in [-0.3, -0.25) is 14.2 Å². The van der Waals surface area contributed by atoms with Crippen LogP contribution in [-0.4, -0.2) is 26.9 Å². The van der Waals surface area contributed by atoms with Gasteiger partial charge in [-0.15, -0.1) is 11.3 Å². The molecule has 0 aliphatic carbocycles.